The van der Waals surface area contributed by atoms with Crippen LogP contribution in [0.15, 0.2) is 54.6 Å². The molecule has 0 amide bonds. The molecule has 2 rings (SSSR count). The van der Waals surface area contributed by atoms with E-state index in [2.05, 4.69) is 75.0 Å². The minimum atomic E-state index is -0.906. The Kier molecular flexibility index (Phi) is 7.57. The summed E-state index contributed by atoms with van der Waals surface area (Å²) in [5, 5.41) is 1.36. The molecule has 0 aliphatic heterocycles. The summed E-state index contributed by atoms with van der Waals surface area (Å²) in [4.78, 5) is 0. The molecule has 0 aliphatic carbocycles. The van der Waals surface area contributed by atoms with Crippen molar-refractivity contribution in [3.05, 3.63) is 54.6 Å². The van der Waals surface area contributed by atoms with Gasteiger partial charge < -0.3 is 4.43 Å². The van der Waals surface area contributed by atoms with Crippen molar-refractivity contribution in [3.63, 3.8) is 0 Å². The van der Waals surface area contributed by atoms with Gasteiger partial charge >= 0.3 is 0 Å². The van der Waals surface area contributed by atoms with Crippen molar-refractivity contribution >= 4 is 14.2 Å². The first-order chi connectivity index (χ1) is 11.2. The fourth-order valence-electron chi connectivity index (χ4n) is 2.82. The van der Waals surface area contributed by atoms with Gasteiger partial charge in [0, 0.05) is 6.10 Å². The van der Waals surface area contributed by atoms with Gasteiger partial charge in [-0.2, -0.15) is 0 Å². The molecule has 0 heterocycles. The van der Waals surface area contributed by atoms with E-state index < -0.39 is 9.04 Å². The number of hydrogen-bond donors (Lipinski definition) is 0. The molecule has 23 heavy (non-hydrogen) atoms. The Balaban J connectivity index is 1.86. The van der Waals surface area contributed by atoms with Crippen molar-refractivity contribution in [1.29, 1.82) is 0 Å². The van der Waals surface area contributed by atoms with E-state index in [9.17, 15) is 0 Å². The van der Waals surface area contributed by atoms with Gasteiger partial charge in [0.1, 0.15) is 0 Å². The zero-order chi connectivity index (χ0) is 16.5. The number of benzene rings is 2. The monoisotopic (exact) mass is 325 g/mol. The zero-order valence-electron chi connectivity index (χ0n) is 14.7. The molecule has 2 aromatic rings. The maximum atomic E-state index is 6.26. The molecule has 0 bridgehead atoms. The van der Waals surface area contributed by atoms with Gasteiger partial charge in [-0.15, -0.1) is 0 Å². The van der Waals surface area contributed by atoms with Crippen molar-refractivity contribution < 1.29 is 4.43 Å². The third-order valence-corrected chi connectivity index (χ3v) is 6.14. The van der Waals surface area contributed by atoms with Crippen molar-refractivity contribution in [1.82, 2.24) is 0 Å². The summed E-state index contributed by atoms with van der Waals surface area (Å²) in [6.07, 6.45) is 6.83. The molecule has 1 radical (unpaired) electrons. The number of rotatable bonds is 9. The maximum Gasteiger partial charge on any atom is 0.243 e. The zero-order valence-corrected chi connectivity index (χ0v) is 15.7. The molecule has 1 nitrogen and oxygen atoms in total. The summed E-state index contributed by atoms with van der Waals surface area (Å²) in [5.41, 5.74) is 2.55. The topological polar surface area (TPSA) is 9.23 Å². The molecular weight excluding hydrogens is 296 g/mol. The van der Waals surface area contributed by atoms with E-state index in [4.69, 9.17) is 4.43 Å². The number of hydrogen-bond acceptors (Lipinski definition) is 1. The first kappa shape index (κ1) is 18.0. The quantitative estimate of drug-likeness (QED) is 0.433. The van der Waals surface area contributed by atoms with Crippen LogP contribution < -0.4 is 5.19 Å². The minimum absolute atomic E-state index is 0.375. The van der Waals surface area contributed by atoms with Gasteiger partial charge in [0.2, 0.25) is 9.04 Å². The van der Waals surface area contributed by atoms with Crippen molar-refractivity contribution in [2.24, 2.45) is 0 Å². The van der Waals surface area contributed by atoms with E-state index in [-0.39, 0.29) is 0 Å². The molecule has 0 fully saturated rings. The highest BCUT2D eigenvalue weighted by Crippen LogP contribution is 2.17. The van der Waals surface area contributed by atoms with Crippen LogP contribution in [0.1, 0.15) is 46.0 Å². The van der Waals surface area contributed by atoms with E-state index in [0.717, 1.165) is 0 Å². The molecule has 1 unspecified atom stereocenters. The van der Waals surface area contributed by atoms with Gasteiger partial charge in [-0.05, 0) is 36.2 Å². The van der Waals surface area contributed by atoms with E-state index >= 15 is 0 Å². The average Bonchev–Trinajstić information content (AvgIpc) is 2.59. The van der Waals surface area contributed by atoms with Crippen molar-refractivity contribution in [3.8, 4) is 11.1 Å². The lowest BCUT2D eigenvalue weighted by molar-refractivity contribution is 0.212. The molecule has 2 heteroatoms. The summed E-state index contributed by atoms with van der Waals surface area (Å²) in [6.45, 7) is 6.73. The van der Waals surface area contributed by atoms with Gasteiger partial charge in [-0.25, -0.2) is 0 Å². The maximum absolute atomic E-state index is 6.26. The fraction of sp³-hybridized carbons (Fsp3) is 0.429. The highest BCUT2D eigenvalue weighted by molar-refractivity contribution is 6.66. The summed E-state index contributed by atoms with van der Waals surface area (Å²) >= 11 is 0. The lowest BCUT2D eigenvalue weighted by Gasteiger charge is -2.18. The minimum Gasteiger partial charge on any atom is -0.409 e. The lowest BCUT2D eigenvalue weighted by atomic mass is 10.1. The molecule has 0 spiro atoms. The largest absolute Gasteiger partial charge is 0.409 e. The van der Waals surface area contributed by atoms with Crippen LogP contribution >= 0.6 is 0 Å². The Morgan fingerprint density at radius 1 is 0.870 bits per heavy atom. The van der Waals surface area contributed by atoms with Crippen LogP contribution in [0.3, 0.4) is 0 Å². The first-order valence-corrected chi connectivity index (χ1v) is 10.8. The Hall–Kier alpha value is -1.38. The average molecular weight is 326 g/mol. The van der Waals surface area contributed by atoms with Crippen LogP contribution in [-0.2, 0) is 4.43 Å². The highest BCUT2D eigenvalue weighted by Gasteiger charge is 2.13. The van der Waals surface area contributed by atoms with Gasteiger partial charge in [-0.3, -0.25) is 0 Å². The molecule has 2 aromatic carbocycles. The number of unbranched alkanes of at least 4 members (excludes halogenated alkanes) is 3. The SMILES string of the molecule is CCCCCCC(C)O[Si](C)c1ccc(-c2ccccc2)cc1. The van der Waals surface area contributed by atoms with E-state index in [1.54, 1.807) is 0 Å². The van der Waals surface area contributed by atoms with Crippen LogP contribution in [0.5, 0.6) is 0 Å². The Bertz CT molecular complexity index is 550. The van der Waals surface area contributed by atoms with E-state index in [1.165, 1.54) is 48.4 Å². The van der Waals surface area contributed by atoms with Gasteiger partial charge in [0.15, 0.2) is 0 Å². The second-order valence-corrected chi connectivity index (χ2v) is 8.20. The molecule has 0 aromatic heterocycles. The predicted octanol–water partition coefficient (Wildman–Crippen LogP) is 5.56. The normalized spacial score (nSPS) is 12.5. The third kappa shape index (κ3) is 5.96. The Morgan fingerprint density at radius 3 is 2.17 bits per heavy atom. The standard InChI is InChI=1S/C21H29OSi/c1-4-5-6-8-11-18(2)22-23(3)21-16-14-20(15-17-21)19-12-9-7-10-13-19/h7,9-10,12-18H,4-6,8,11H2,1-3H3. The second kappa shape index (κ2) is 9.69. The summed E-state index contributed by atoms with van der Waals surface area (Å²) in [7, 11) is -0.906. The molecule has 1 atom stereocenters. The smallest absolute Gasteiger partial charge is 0.243 e. The summed E-state index contributed by atoms with van der Waals surface area (Å²) < 4.78 is 6.26. The molecule has 0 N–H and O–H groups in total. The molecule has 0 saturated carbocycles. The van der Waals surface area contributed by atoms with Crippen molar-refractivity contribution in [2.75, 3.05) is 0 Å². The van der Waals surface area contributed by atoms with Crippen LogP contribution in [0.2, 0.25) is 6.55 Å². The third-order valence-electron chi connectivity index (χ3n) is 4.24. The van der Waals surface area contributed by atoms with E-state index in [1.807, 2.05) is 0 Å². The molecule has 0 aliphatic rings. The predicted molar refractivity (Wildman–Crippen MR) is 102 cm³/mol. The van der Waals surface area contributed by atoms with E-state index in [0.29, 0.717) is 6.10 Å². The fourth-order valence-corrected chi connectivity index (χ4v) is 4.31. The second-order valence-electron chi connectivity index (χ2n) is 6.28. The molecule has 0 saturated heterocycles. The van der Waals surface area contributed by atoms with Crippen LogP contribution in [0.4, 0.5) is 0 Å². The van der Waals surface area contributed by atoms with Gasteiger partial charge in [-0.1, -0.05) is 87.2 Å². The first-order valence-electron chi connectivity index (χ1n) is 8.86. The van der Waals surface area contributed by atoms with Gasteiger partial charge in [0.25, 0.3) is 0 Å². The highest BCUT2D eigenvalue weighted by atomic mass is 28.3. The Morgan fingerprint density at radius 2 is 1.52 bits per heavy atom. The Labute approximate surface area is 143 Å². The molecule has 123 valence electrons. The summed E-state index contributed by atoms with van der Waals surface area (Å²) in [6, 6.07) is 19.4. The van der Waals surface area contributed by atoms with Crippen molar-refractivity contribution in [2.45, 2.75) is 58.6 Å². The molecular formula is C21H29OSi. The van der Waals surface area contributed by atoms with Crippen LogP contribution in [-0.4, -0.2) is 15.1 Å². The summed E-state index contributed by atoms with van der Waals surface area (Å²) in [5.74, 6) is 0. The van der Waals surface area contributed by atoms with Crippen LogP contribution in [0, 0.1) is 0 Å². The lowest BCUT2D eigenvalue weighted by Crippen LogP contribution is -2.33. The van der Waals surface area contributed by atoms with Gasteiger partial charge in [0.05, 0.1) is 0 Å². The van der Waals surface area contributed by atoms with Crippen LogP contribution in [0.25, 0.3) is 11.1 Å².